The van der Waals surface area contributed by atoms with Crippen LogP contribution in [0.1, 0.15) is 12.8 Å². The molecule has 0 aromatic heterocycles. The van der Waals surface area contributed by atoms with Crippen molar-refractivity contribution < 1.29 is 13.5 Å². The highest BCUT2D eigenvalue weighted by molar-refractivity contribution is 5.92. The first-order chi connectivity index (χ1) is 9.15. The standard InChI is InChI=1S/C13H17F2N3O/c14-10-3-4-11(15)12(6-10)18-13(16)17-7-9-2-1-5-19-8-9/h3-4,6,9H,1-2,5,7-8H2,(H3,16,17,18). The zero-order valence-corrected chi connectivity index (χ0v) is 10.5. The van der Waals surface area contributed by atoms with E-state index >= 15 is 0 Å². The van der Waals surface area contributed by atoms with Gasteiger partial charge in [0.2, 0.25) is 0 Å². The van der Waals surface area contributed by atoms with E-state index in [4.69, 9.17) is 10.5 Å². The topological polar surface area (TPSA) is 59.6 Å². The second-order valence-electron chi connectivity index (χ2n) is 4.56. The maximum Gasteiger partial charge on any atom is 0.193 e. The molecule has 1 fully saturated rings. The molecular weight excluding hydrogens is 252 g/mol. The molecule has 1 unspecified atom stereocenters. The summed E-state index contributed by atoms with van der Waals surface area (Å²) in [6.07, 6.45) is 2.07. The number of halogens is 2. The van der Waals surface area contributed by atoms with Crippen LogP contribution in [0, 0.1) is 17.6 Å². The van der Waals surface area contributed by atoms with E-state index in [1.165, 1.54) is 0 Å². The molecule has 4 nitrogen and oxygen atoms in total. The third-order valence-corrected chi connectivity index (χ3v) is 2.97. The van der Waals surface area contributed by atoms with Crippen LogP contribution in [0.2, 0.25) is 0 Å². The smallest absolute Gasteiger partial charge is 0.193 e. The van der Waals surface area contributed by atoms with E-state index in [1.54, 1.807) is 0 Å². The van der Waals surface area contributed by atoms with Crippen LogP contribution in [-0.2, 0) is 4.74 Å². The Morgan fingerprint density at radius 2 is 2.32 bits per heavy atom. The van der Waals surface area contributed by atoms with Crippen molar-refractivity contribution in [1.82, 2.24) is 0 Å². The average Bonchev–Trinajstić information content (AvgIpc) is 2.42. The van der Waals surface area contributed by atoms with E-state index in [2.05, 4.69) is 10.3 Å². The number of ether oxygens (including phenoxy) is 1. The lowest BCUT2D eigenvalue weighted by molar-refractivity contribution is 0.0582. The highest BCUT2D eigenvalue weighted by atomic mass is 19.1. The van der Waals surface area contributed by atoms with Gasteiger partial charge in [-0.2, -0.15) is 0 Å². The van der Waals surface area contributed by atoms with Gasteiger partial charge in [0.25, 0.3) is 0 Å². The monoisotopic (exact) mass is 269 g/mol. The molecule has 1 aromatic rings. The lowest BCUT2D eigenvalue weighted by Gasteiger charge is -2.20. The van der Waals surface area contributed by atoms with Crippen molar-refractivity contribution in [3.05, 3.63) is 29.8 Å². The summed E-state index contributed by atoms with van der Waals surface area (Å²) in [5.74, 6) is -0.681. The number of hydrogen-bond donors (Lipinski definition) is 2. The van der Waals surface area contributed by atoms with Gasteiger partial charge in [0.15, 0.2) is 5.96 Å². The normalized spacial score (nSPS) is 20.3. The van der Waals surface area contributed by atoms with Crippen LogP contribution in [-0.4, -0.2) is 25.7 Å². The number of nitrogens with one attached hydrogen (secondary N) is 1. The number of aliphatic imine (C=N–C) groups is 1. The van der Waals surface area contributed by atoms with Gasteiger partial charge in [-0.25, -0.2) is 8.78 Å². The predicted molar refractivity (Wildman–Crippen MR) is 70.0 cm³/mol. The Labute approximate surface area is 110 Å². The Balaban J connectivity index is 1.92. The highest BCUT2D eigenvalue weighted by Gasteiger charge is 2.13. The molecule has 0 amide bonds. The lowest BCUT2D eigenvalue weighted by Crippen LogP contribution is -2.26. The van der Waals surface area contributed by atoms with Crippen LogP contribution in [0.5, 0.6) is 0 Å². The van der Waals surface area contributed by atoms with E-state index in [0.717, 1.165) is 37.6 Å². The molecule has 1 aromatic carbocycles. The maximum absolute atomic E-state index is 13.4. The molecule has 6 heteroatoms. The van der Waals surface area contributed by atoms with Gasteiger partial charge < -0.3 is 15.8 Å². The van der Waals surface area contributed by atoms with E-state index in [1.807, 2.05) is 0 Å². The van der Waals surface area contributed by atoms with Gasteiger partial charge in [-0.15, -0.1) is 0 Å². The van der Waals surface area contributed by atoms with Crippen molar-refractivity contribution in [2.24, 2.45) is 16.6 Å². The van der Waals surface area contributed by atoms with Crippen molar-refractivity contribution >= 4 is 11.6 Å². The van der Waals surface area contributed by atoms with Gasteiger partial charge >= 0.3 is 0 Å². The first kappa shape index (κ1) is 13.7. The third kappa shape index (κ3) is 4.17. The number of guanidine groups is 1. The van der Waals surface area contributed by atoms with Crippen molar-refractivity contribution in [2.45, 2.75) is 12.8 Å². The van der Waals surface area contributed by atoms with Crippen molar-refractivity contribution in [2.75, 3.05) is 25.1 Å². The fourth-order valence-electron chi connectivity index (χ4n) is 1.95. The summed E-state index contributed by atoms with van der Waals surface area (Å²) >= 11 is 0. The quantitative estimate of drug-likeness (QED) is 0.652. The Kier molecular flexibility index (Phi) is 4.68. The van der Waals surface area contributed by atoms with Crippen LogP contribution in [0.3, 0.4) is 0 Å². The van der Waals surface area contributed by atoms with Gasteiger partial charge in [-0.3, -0.25) is 4.99 Å². The molecule has 0 bridgehead atoms. The average molecular weight is 269 g/mol. The molecule has 1 aliphatic rings. The Hall–Kier alpha value is -1.69. The molecule has 19 heavy (non-hydrogen) atoms. The number of nitrogens with two attached hydrogens (primary N) is 1. The van der Waals surface area contributed by atoms with Gasteiger partial charge in [0.1, 0.15) is 11.6 Å². The summed E-state index contributed by atoms with van der Waals surface area (Å²) in [6.45, 7) is 1.99. The molecule has 1 saturated heterocycles. The minimum Gasteiger partial charge on any atom is -0.381 e. The molecule has 2 rings (SSSR count). The third-order valence-electron chi connectivity index (χ3n) is 2.97. The number of hydrogen-bond acceptors (Lipinski definition) is 2. The van der Waals surface area contributed by atoms with Crippen LogP contribution >= 0.6 is 0 Å². The zero-order valence-electron chi connectivity index (χ0n) is 10.5. The zero-order chi connectivity index (χ0) is 13.7. The number of rotatable bonds is 3. The Morgan fingerprint density at radius 1 is 1.47 bits per heavy atom. The minimum atomic E-state index is -0.569. The number of benzene rings is 1. The highest BCUT2D eigenvalue weighted by Crippen LogP contribution is 2.16. The van der Waals surface area contributed by atoms with E-state index in [9.17, 15) is 8.78 Å². The molecule has 0 aliphatic carbocycles. The molecule has 1 aliphatic heterocycles. The summed E-state index contributed by atoms with van der Waals surface area (Å²) in [7, 11) is 0. The van der Waals surface area contributed by atoms with E-state index in [0.29, 0.717) is 19.1 Å². The molecule has 1 heterocycles. The van der Waals surface area contributed by atoms with E-state index < -0.39 is 11.6 Å². The lowest BCUT2D eigenvalue weighted by atomic mass is 10.0. The summed E-state index contributed by atoms with van der Waals surface area (Å²) in [5, 5.41) is 2.56. The Bertz CT molecular complexity index is 459. The van der Waals surface area contributed by atoms with Gasteiger partial charge in [-0.1, -0.05) is 0 Å². The fraction of sp³-hybridized carbons (Fsp3) is 0.462. The van der Waals surface area contributed by atoms with Gasteiger partial charge in [-0.05, 0) is 25.0 Å². The summed E-state index contributed by atoms with van der Waals surface area (Å²) < 4.78 is 31.7. The molecular formula is C13H17F2N3O. The first-order valence-electron chi connectivity index (χ1n) is 6.25. The summed E-state index contributed by atoms with van der Waals surface area (Å²) in [4.78, 5) is 4.13. The number of nitrogens with zero attached hydrogens (tertiary/aromatic N) is 1. The van der Waals surface area contributed by atoms with Crippen LogP contribution in [0.4, 0.5) is 14.5 Å². The molecule has 3 N–H and O–H groups in total. The van der Waals surface area contributed by atoms with Crippen molar-refractivity contribution in [3.8, 4) is 0 Å². The minimum absolute atomic E-state index is 0.0128. The van der Waals surface area contributed by atoms with Gasteiger partial charge in [0.05, 0.1) is 12.3 Å². The fourth-order valence-corrected chi connectivity index (χ4v) is 1.95. The molecule has 0 radical (unpaired) electrons. The SMILES string of the molecule is NC(=NCC1CCCOC1)Nc1cc(F)ccc1F. The molecule has 1 atom stereocenters. The number of anilines is 1. The molecule has 0 saturated carbocycles. The van der Waals surface area contributed by atoms with Gasteiger partial charge in [0, 0.05) is 25.1 Å². The second-order valence-corrected chi connectivity index (χ2v) is 4.56. The first-order valence-corrected chi connectivity index (χ1v) is 6.25. The second kappa shape index (κ2) is 6.47. The Morgan fingerprint density at radius 3 is 3.05 bits per heavy atom. The molecule has 0 spiro atoms. The van der Waals surface area contributed by atoms with E-state index in [-0.39, 0.29) is 11.6 Å². The van der Waals surface area contributed by atoms with Crippen LogP contribution in [0.15, 0.2) is 23.2 Å². The van der Waals surface area contributed by atoms with Crippen molar-refractivity contribution in [1.29, 1.82) is 0 Å². The predicted octanol–water partition coefficient (Wildman–Crippen LogP) is 2.12. The van der Waals surface area contributed by atoms with Crippen LogP contribution < -0.4 is 11.1 Å². The summed E-state index contributed by atoms with van der Waals surface area (Å²) in [5.41, 5.74) is 5.64. The largest absolute Gasteiger partial charge is 0.381 e. The maximum atomic E-state index is 13.4. The van der Waals surface area contributed by atoms with Crippen molar-refractivity contribution in [3.63, 3.8) is 0 Å². The summed E-state index contributed by atoms with van der Waals surface area (Å²) in [6, 6.07) is 3.13. The van der Waals surface area contributed by atoms with Crippen LogP contribution in [0.25, 0.3) is 0 Å². The molecule has 104 valence electrons.